The third-order valence-corrected chi connectivity index (χ3v) is 3.46. The third-order valence-electron chi connectivity index (χ3n) is 3.46. The van der Waals surface area contributed by atoms with Crippen LogP contribution in [0.1, 0.15) is 50.1 Å². The van der Waals surface area contributed by atoms with Crippen LogP contribution >= 0.6 is 0 Å². The molecule has 1 aliphatic rings. The number of nitrogens with zero attached hydrogens (tertiary/aromatic N) is 3. The molecule has 1 aromatic rings. The van der Waals surface area contributed by atoms with E-state index in [0.717, 1.165) is 31.6 Å². The molecule has 1 fully saturated rings. The predicted octanol–water partition coefficient (Wildman–Crippen LogP) is 1.63. The Bertz CT molecular complexity index is 401. The monoisotopic (exact) mass is 236 g/mol. The van der Waals surface area contributed by atoms with Crippen LogP contribution in [0.25, 0.3) is 0 Å². The van der Waals surface area contributed by atoms with Gasteiger partial charge in [0.1, 0.15) is 5.82 Å². The zero-order valence-corrected chi connectivity index (χ0v) is 10.7. The number of hydrogen-bond acceptors (Lipinski definition) is 3. The third kappa shape index (κ3) is 2.48. The van der Waals surface area contributed by atoms with Crippen molar-refractivity contribution in [3.8, 4) is 0 Å². The van der Waals surface area contributed by atoms with Crippen LogP contribution in [0.5, 0.6) is 0 Å². The molecule has 1 aliphatic heterocycles. The van der Waals surface area contributed by atoms with E-state index in [1.54, 1.807) is 0 Å². The molecule has 17 heavy (non-hydrogen) atoms. The lowest BCUT2D eigenvalue weighted by Crippen LogP contribution is -2.44. The number of piperidine rings is 1. The van der Waals surface area contributed by atoms with Gasteiger partial charge in [0.05, 0.1) is 0 Å². The molecule has 2 rings (SSSR count). The SMILES string of the molecule is CCc1nc(C(=O)N2CCC(C)CC2C)n[nH]1. The lowest BCUT2D eigenvalue weighted by atomic mass is 9.93. The summed E-state index contributed by atoms with van der Waals surface area (Å²) in [6, 6.07) is 0.287. The van der Waals surface area contributed by atoms with E-state index in [1.807, 2.05) is 11.8 Å². The quantitative estimate of drug-likeness (QED) is 0.849. The van der Waals surface area contributed by atoms with Crippen LogP contribution in [0.2, 0.25) is 0 Å². The fraction of sp³-hybridized carbons (Fsp3) is 0.750. The van der Waals surface area contributed by atoms with Crippen molar-refractivity contribution in [3.05, 3.63) is 11.6 Å². The first kappa shape index (κ1) is 12.1. The number of aryl methyl sites for hydroxylation is 1. The van der Waals surface area contributed by atoms with Gasteiger partial charge in [-0.15, -0.1) is 5.10 Å². The van der Waals surface area contributed by atoms with Crippen LogP contribution < -0.4 is 0 Å². The van der Waals surface area contributed by atoms with Crippen molar-refractivity contribution in [1.29, 1.82) is 0 Å². The smallest absolute Gasteiger partial charge is 0.293 e. The molecule has 94 valence electrons. The second-order valence-corrected chi connectivity index (χ2v) is 4.94. The maximum Gasteiger partial charge on any atom is 0.293 e. The highest BCUT2D eigenvalue weighted by Gasteiger charge is 2.29. The normalized spacial score (nSPS) is 25.0. The summed E-state index contributed by atoms with van der Waals surface area (Å²) in [7, 11) is 0. The number of carbonyl (C=O) groups is 1. The summed E-state index contributed by atoms with van der Waals surface area (Å²) < 4.78 is 0. The van der Waals surface area contributed by atoms with Crippen molar-refractivity contribution in [3.63, 3.8) is 0 Å². The Labute approximate surface area is 102 Å². The molecule has 2 heterocycles. The van der Waals surface area contributed by atoms with Gasteiger partial charge in [0.15, 0.2) is 0 Å². The van der Waals surface area contributed by atoms with Gasteiger partial charge in [0, 0.05) is 19.0 Å². The molecule has 1 N–H and O–H groups in total. The maximum absolute atomic E-state index is 12.2. The lowest BCUT2D eigenvalue weighted by molar-refractivity contribution is 0.0576. The van der Waals surface area contributed by atoms with Crippen molar-refractivity contribution in [2.45, 2.75) is 46.1 Å². The standard InChI is InChI=1S/C12H20N4O/c1-4-10-13-11(15-14-10)12(17)16-6-5-8(2)7-9(16)3/h8-9H,4-7H2,1-3H3,(H,13,14,15). The van der Waals surface area contributed by atoms with Crippen molar-refractivity contribution < 1.29 is 4.79 Å². The van der Waals surface area contributed by atoms with Gasteiger partial charge in [0.2, 0.25) is 5.82 Å². The molecule has 0 aliphatic carbocycles. The number of carbonyl (C=O) groups excluding carboxylic acids is 1. The van der Waals surface area contributed by atoms with Gasteiger partial charge in [-0.1, -0.05) is 13.8 Å². The summed E-state index contributed by atoms with van der Waals surface area (Å²) in [5.74, 6) is 1.74. The Morgan fingerprint density at radius 3 is 2.88 bits per heavy atom. The van der Waals surface area contributed by atoms with E-state index in [2.05, 4.69) is 29.0 Å². The first-order valence-electron chi connectivity index (χ1n) is 6.34. The number of nitrogens with one attached hydrogen (secondary N) is 1. The predicted molar refractivity (Wildman–Crippen MR) is 64.7 cm³/mol. The molecule has 0 bridgehead atoms. The van der Waals surface area contributed by atoms with Crippen molar-refractivity contribution in [2.75, 3.05) is 6.54 Å². The summed E-state index contributed by atoms with van der Waals surface area (Å²) in [4.78, 5) is 18.3. The van der Waals surface area contributed by atoms with E-state index >= 15 is 0 Å². The second kappa shape index (κ2) is 4.85. The molecular weight excluding hydrogens is 216 g/mol. The Morgan fingerprint density at radius 2 is 2.29 bits per heavy atom. The molecule has 0 saturated carbocycles. The molecule has 5 nitrogen and oxygen atoms in total. The first-order chi connectivity index (χ1) is 8.11. The summed E-state index contributed by atoms with van der Waals surface area (Å²) in [6.45, 7) is 7.14. The highest BCUT2D eigenvalue weighted by molar-refractivity contribution is 5.90. The Balaban J connectivity index is 2.09. The average Bonchev–Trinajstić information content (AvgIpc) is 2.76. The number of hydrogen-bond donors (Lipinski definition) is 1. The topological polar surface area (TPSA) is 61.9 Å². The average molecular weight is 236 g/mol. The number of H-pyrrole nitrogens is 1. The van der Waals surface area contributed by atoms with Gasteiger partial charge in [-0.05, 0) is 25.7 Å². The summed E-state index contributed by atoms with van der Waals surface area (Å²) in [5.41, 5.74) is 0. The lowest BCUT2D eigenvalue weighted by Gasteiger charge is -2.35. The minimum absolute atomic E-state index is 0.0413. The number of aromatic amines is 1. The molecule has 0 spiro atoms. The highest BCUT2D eigenvalue weighted by Crippen LogP contribution is 2.23. The van der Waals surface area contributed by atoms with Gasteiger partial charge in [0.25, 0.3) is 5.91 Å². The largest absolute Gasteiger partial charge is 0.333 e. The minimum Gasteiger partial charge on any atom is -0.333 e. The fourth-order valence-electron chi connectivity index (χ4n) is 2.39. The number of likely N-dealkylation sites (tertiary alicyclic amines) is 1. The molecule has 0 radical (unpaired) electrons. The Morgan fingerprint density at radius 1 is 1.53 bits per heavy atom. The molecule has 2 unspecified atom stereocenters. The first-order valence-corrected chi connectivity index (χ1v) is 6.34. The van der Waals surface area contributed by atoms with Crippen molar-refractivity contribution in [1.82, 2.24) is 20.1 Å². The van der Waals surface area contributed by atoms with E-state index in [4.69, 9.17) is 0 Å². The molecular formula is C12H20N4O. The van der Waals surface area contributed by atoms with Crippen LogP contribution in [0.4, 0.5) is 0 Å². The molecule has 1 aromatic heterocycles. The zero-order chi connectivity index (χ0) is 12.4. The Kier molecular flexibility index (Phi) is 3.45. The van der Waals surface area contributed by atoms with Gasteiger partial charge in [-0.3, -0.25) is 9.89 Å². The van der Waals surface area contributed by atoms with Crippen molar-refractivity contribution >= 4 is 5.91 Å². The second-order valence-electron chi connectivity index (χ2n) is 4.94. The number of amides is 1. The number of aromatic nitrogens is 3. The van der Waals surface area contributed by atoms with E-state index in [9.17, 15) is 4.79 Å². The van der Waals surface area contributed by atoms with Crippen LogP contribution in [-0.2, 0) is 6.42 Å². The fourth-order valence-corrected chi connectivity index (χ4v) is 2.39. The van der Waals surface area contributed by atoms with Crippen LogP contribution in [-0.4, -0.2) is 38.6 Å². The summed E-state index contributed by atoms with van der Waals surface area (Å²) >= 11 is 0. The van der Waals surface area contributed by atoms with E-state index < -0.39 is 0 Å². The van der Waals surface area contributed by atoms with Crippen molar-refractivity contribution in [2.24, 2.45) is 5.92 Å². The molecule has 1 amide bonds. The Hall–Kier alpha value is -1.39. The maximum atomic E-state index is 12.2. The van der Waals surface area contributed by atoms with Gasteiger partial charge in [-0.2, -0.15) is 0 Å². The van der Waals surface area contributed by atoms with Crippen LogP contribution in [0, 0.1) is 5.92 Å². The van der Waals surface area contributed by atoms with E-state index in [0.29, 0.717) is 11.7 Å². The molecule has 0 aromatic carbocycles. The van der Waals surface area contributed by atoms with Gasteiger partial charge >= 0.3 is 0 Å². The van der Waals surface area contributed by atoms with Gasteiger partial charge < -0.3 is 4.90 Å². The van der Waals surface area contributed by atoms with Crippen LogP contribution in [0.15, 0.2) is 0 Å². The summed E-state index contributed by atoms with van der Waals surface area (Å²) in [5, 5.41) is 6.78. The molecule has 1 saturated heterocycles. The van der Waals surface area contributed by atoms with Gasteiger partial charge in [-0.25, -0.2) is 4.98 Å². The molecule has 5 heteroatoms. The summed E-state index contributed by atoms with van der Waals surface area (Å²) in [6.07, 6.45) is 2.91. The zero-order valence-electron chi connectivity index (χ0n) is 10.7. The number of rotatable bonds is 2. The van der Waals surface area contributed by atoms with Crippen LogP contribution in [0.3, 0.4) is 0 Å². The van der Waals surface area contributed by atoms with E-state index in [1.165, 1.54) is 0 Å². The van der Waals surface area contributed by atoms with E-state index in [-0.39, 0.29) is 11.9 Å². The molecule has 2 atom stereocenters. The minimum atomic E-state index is -0.0413. The highest BCUT2D eigenvalue weighted by atomic mass is 16.2.